The molecule has 1 atom stereocenters. The molecule has 3 nitrogen and oxygen atoms in total. The highest BCUT2D eigenvalue weighted by atomic mass is 35.5. The average Bonchev–Trinajstić information content (AvgIpc) is 2.77. The van der Waals surface area contributed by atoms with Crippen LogP contribution in [0.1, 0.15) is 54.0 Å². The van der Waals surface area contributed by atoms with Gasteiger partial charge in [-0.25, -0.2) is 4.98 Å². The maximum atomic E-state index is 12.4. The SMILES string of the molecule is Cc1nc(Cl)sc1C(=O)Nc1ccccc1C(C)CC(C)C. The maximum absolute atomic E-state index is 12.4. The zero-order valence-corrected chi connectivity index (χ0v) is 14.9. The Labute approximate surface area is 140 Å². The van der Waals surface area contributed by atoms with Gasteiger partial charge in [-0.2, -0.15) is 0 Å². The van der Waals surface area contributed by atoms with Crippen LogP contribution in [0.3, 0.4) is 0 Å². The first-order chi connectivity index (χ1) is 10.4. The third-order valence-corrected chi connectivity index (χ3v) is 4.80. The summed E-state index contributed by atoms with van der Waals surface area (Å²) in [6, 6.07) is 7.97. The van der Waals surface area contributed by atoms with Crippen LogP contribution in [0.4, 0.5) is 5.69 Å². The Hall–Kier alpha value is -1.39. The van der Waals surface area contributed by atoms with Gasteiger partial charge < -0.3 is 5.32 Å². The van der Waals surface area contributed by atoms with Gasteiger partial charge in [-0.15, -0.1) is 0 Å². The van der Waals surface area contributed by atoms with Gasteiger partial charge in [-0.3, -0.25) is 4.79 Å². The highest BCUT2D eigenvalue weighted by molar-refractivity contribution is 7.17. The number of aryl methyl sites for hydroxylation is 1. The van der Waals surface area contributed by atoms with Crippen LogP contribution >= 0.6 is 22.9 Å². The van der Waals surface area contributed by atoms with E-state index in [1.54, 1.807) is 6.92 Å². The van der Waals surface area contributed by atoms with Crippen molar-refractivity contribution in [2.75, 3.05) is 5.32 Å². The lowest BCUT2D eigenvalue weighted by molar-refractivity contribution is 0.102. The fourth-order valence-corrected chi connectivity index (χ4v) is 3.67. The van der Waals surface area contributed by atoms with E-state index in [1.165, 1.54) is 11.3 Å². The Morgan fingerprint density at radius 2 is 2.00 bits per heavy atom. The average molecular weight is 337 g/mol. The van der Waals surface area contributed by atoms with Crippen molar-refractivity contribution in [2.45, 2.75) is 40.0 Å². The van der Waals surface area contributed by atoms with E-state index in [1.807, 2.05) is 18.2 Å². The van der Waals surface area contributed by atoms with Gasteiger partial charge in [0.15, 0.2) is 4.47 Å². The molecule has 0 fully saturated rings. The first-order valence-electron chi connectivity index (χ1n) is 7.41. The van der Waals surface area contributed by atoms with Gasteiger partial charge in [0.25, 0.3) is 5.91 Å². The summed E-state index contributed by atoms with van der Waals surface area (Å²) < 4.78 is 0.393. The third kappa shape index (κ3) is 4.08. The summed E-state index contributed by atoms with van der Waals surface area (Å²) in [4.78, 5) is 17.1. The van der Waals surface area contributed by atoms with Crippen LogP contribution < -0.4 is 5.32 Å². The van der Waals surface area contributed by atoms with Crippen LogP contribution in [0.25, 0.3) is 0 Å². The Morgan fingerprint density at radius 1 is 1.32 bits per heavy atom. The van der Waals surface area contributed by atoms with Crippen molar-refractivity contribution in [2.24, 2.45) is 5.92 Å². The van der Waals surface area contributed by atoms with E-state index in [-0.39, 0.29) is 5.91 Å². The van der Waals surface area contributed by atoms with Crippen molar-refractivity contribution in [1.29, 1.82) is 0 Å². The molecule has 22 heavy (non-hydrogen) atoms. The van der Waals surface area contributed by atoms with Crippen LogP contribution in [0.2, 0.25) is 4.47 Å². The molecule has 2 rings (SSSR count). The number of nitrogens with zero attached hydrogens (tertiary/aromatic N) is 1. The summed E-state index contributed by atoms with van der Waals surface area (Å²) in [5.74, 6) is 0.857. The second kappa shape index (κ2) is 7.25. The fourth-order valence-electron chi connectivity index (χ4n) is 2.63. The summed E-state index contributed by atoms with van der Waals surface area (Å²) in [6.45, 7) is 8.41. The van der Waals surface area contributed by atoms with Crippen LogP contribution in [0, 0.1) is 12.8 Å². The van der Waals surface area contributed by atoms with Crippen LogP contribution in [0.15, 0.2) is 24.3 Å². The van der Waals surface area contributed by atoms with Crippen LogP contribution in [0.5, 0.6) is 0 Å². The molecular formula is C17H21ClN2OS. The number of amides is 1. The second-order valence-electron chi connectivity index (χ2n) is 5.95. The van der Waals surface area contributed by atoms with E-state index in [2.05, 4.69) is 37.1 Å². The predicted octanol–water partition coefficient (Wildman–Crippen LogP) is 5.51. The minimum atomic E-state index is -0.147. The number of carbonyl (C=O) groups is 1. The first-order valence-corrected chi connectivity index (χ1v) is 8.61. The van der Waals surface area contributed by atoms with Crippen molar-refractivity contribution in [3.05, 3.63) is 44.9 Å². The van der Waals surface area contributed by atoms with Crippen molar-refractivity contribution in [1.82, 2.24) is 4.98 Å². The highest BCUT2D eigenvalue weighted by Gasteiger charge is 2.18. The Bertz CT molecular complexity index is 666. The van der Waals surface area contributed by atoms with Gasteiger partial charge in [-0.1, -0.05) is 61.9 Å². The Morgan fingerprint density at radius 3 is 2.59 bits per heavy atom. The van der Waals surface area contributed by atoms with Crippen molar-refractivity contribution in [3.63, 3.8) is 0 Å². The Balaban J connectivity index is 2.23. The molecule has 0 spiro atoms. The number of carbonyl (C=O) groups excluding carboxylic acids is 1. The number of nitrogens with one attached hydrogen (secondary N) is 1. The molecular weight excluding hydrogens is 316 g/mol. The fraction of sp³-hybridized carbons (Fsp3) is 0.412. The zero-order chi connectivity index (χ0) is 16.3. The quantitative estimate of drug-likeness (QED) is 0.782. The first kappa shape index (κ1) is 17.0. The molecule has 5 heteroatoms. The minimum absolute atomic E-state index is 0.147. The summed E-state index contributed by atoms with van der Waals surface area (Å²) in [5, 5.41) is 3.01. The molecule has 1 N–H and O–H groups in total. The number of hydrogen-bond acceptors (Lipinski definition) is 3. The monoisotopic (exact) mass is 336 g/mol. The number of hydrogen-bond donors (Lipinski definition) is 1. The third-order valence-electron chi connectivity index (χ3n) is 3.54. The smallest absolute Gasteiger partial charge is 0.267 e. The maximum Gasteiger partial charge on any atom is 0.267 e. The summed E-state index contributed by atoms with van der Waals surface area (Å²) in [7, 11) is 0. The molecule has 0 aliphatic carbocycles. The molecule has 118 valence electrons. The molecule has 0 radical (unpaired) electrons. The van der Waals surface area contributed by atoms with Crippen molar-refractivity contribution < 1.29 is 4.79 Å². The van der Waals surface area contributed by atoms with Crippen molar-refractivity contribution >= 4 is 34.5 Å². The molecule has 2 aromatic rings. The normalized spacial score (nSPS) is 12.5. The summed E-state index contributed by atoms with van der Waals surface area (Å²) in [5.41, 5.74) is 2.70. The lowest BCUT2D eigenvalue weighted by Crippen LogP contribution is -2.14. The number of benzene rings is 1. The zero-order valence-electron chi connectivity index (χ0n) is 13.3. The highest BCUT2D eigenvalue weighted by Crippen LogP contribution is 2.30. The van der Waals surface area contributed by atoms with Crippen LogP contribution in [-0.2, 0) is 0 Å². The molecule has 1 amide bonds. The summed E-state index contributed by atoms with van der Waals surface area (Å²) >= 11 is 7.09. The number of halogens is 1. The van der Waals surface area contributed by atoms with E-state index in [0.717, 1.165) is 17.7 Å². The number of anilines is 1. The van der Waals surface area contributed by atoms with Gasteiger partial charge in [0, 0.05) is 5.69 Å². The predicted molar refractivity (Wildman–Crippen MR) is 94.1 cm³/mol. The molecule has 1 heterocycles. The molecule has 0 aliphatic rings. The van der Waals surface area contributed by atoms with Gasteiger partial charge in [-0.05, 0) is 36.8 Å². The molecule has 0 saturated carbocycles. The second-order valence-corrected chi connectivity index (χ2v) is 7.53. The van der Waals surface area contributed by atoms with Gasteiger partial charge in [0.2, 0.25) is 0 Å². The van der Waals surface area contributed by atoms with Gasteiger partial charge >= 0.3 is 0 Å². The topological polar surface area (TPSA) is 42.0 Å². The molecule has 1 aromatic carbocycles. The van der Waals surface area contributed by atoms with E-state index < -0.39 is 0 Å². The number of rotatable bonds is 5. The summed E-state index contributed by atoms with van der Waals surface area (Å²) in [6.07, 6.45) is 1.08. The number of aromatic nitrogens is 1. The lowest BCUT2D eigenvalue weighted by Gasteiger charge is -2.18. The lowest BCUT2D eigenvalue weighted by atomic mass is 9.91. The van der Waals surface area contributed by atoms with Gasteiger partial charge in [0.05, 0.1) is 5.69 Å². The van der Waals surface area contributed by atoms with E-state index in [0.29, 0.717) is 26.9 Å². The number of thiazole rings is 1. The molecule has 0 bridgehead atoms. The van der Waals surface area contributed by atoms with Crippen LogP contribution in [-0.4, -0.2) is 10.9 Å². The number of para-hydroxylation sites is 1. The standard InChI is InChI=1S/C17H21ClN2OS/c1-10(2)9-11(3)13-7-5-6-8-14(13)20-16(21)15-12(4)19-17(18)22-15/h5-8,10-11H,9H2,1-4H3,(H,20,21). The largest absolute Gasteiger partial charge is 0.321 e. The molecule has 0 saturated heterocycles. The molecule has 1 aromatic heterocycles. The van der Waals surface area contributed by atoms with E-state index >= 15 is 0 Å². The van der Waals surface area contributed by atoms with E-state index in [4.69, 9.17) is 11.6 Å². The minimum Gasteiger partial charge on any atom is -0.321 e. The Kier molecular flexibility index (Phi) is 5.59. The molecule has 0 aliphatic heterocycles. The van der Waals surface area contributed by atoms with Crippen molar-refractivity contribution in [3.8, 4) is 0 Å². The molecule has 1 unspecified atom stereocenters. The van der Waals surface area contributed by atoms with Gasteiger partial charge in [0.1, 0.15) is 4.88 Å². The van der Waals surface area contributed by atoms with E-state index in [9.17, 15) is 4.79 Å².